The van der Waals surface area contributed by atoms with Crippen molar-refractivity contribution in [2.75, 3.05) is 32.8 Å². The van der Waals surface area contributed by atoms with E-state index in [-0.39, 0.29) is 11.9 Å². The Kier molecular flexibility index (Phi) is 6.46. The van der Waals surface area contributed by atoms with Crippen LogP contribution in [0.3, 0.4) is 0 Å². The van der Waals surface area contributed by atoms with Gasteiger partial charge in [-0.3, -0.25) is 4.90 Å². The van der Waals surface area contributed by atoms with Gasteiger partial charge in [0.2, 0.25) is 0 Å². The number of para-hydroxylation sites is 1. The molecule has 1 aliphatic rings. The lowest BCUT2D eigenvalue weighted by atomic mass is 10.1. The number of nitrogens with one attached hydrogen (secondary N) is 1. The minimum Gasteiger partial charge on any atom is -0.489 e. The van der Waals surface area contributed by atoms with Crippen molar-refractivity contribution in [3.63, 3.8) is 0 Å². The van der Waals surface area contributed by atoms with Crippen molar-refractivity contribution >= 4 is 0 Å². The molecular formula is C17H27FN2O. The third-order valence-corrected chi connectivity index (χ3v) is 4.02. The zero-order chi connectivity index (χ0) is 15.1. The second-order valence-electron chi connectivity index (χ2n) is 5.73. The number of nitrogens with zero attached hydrogens (tertiary/aromatic N) is 1. The van der Waals surface area contributed by atoms with Crippen LogP contribution in [0.2, 0.25) is 0 Å². The number of benzene rings is 1. The van der Waals surface area contributed by atoms with Gasteiger partial charge in [0.05, 0.1) is 0 Å². The minimum atomic E-state index is -0.265. The molecule has 0 radical (unpaired) electrons. The van der Waals surface area contributed by atoms with Crippen molar-refractivity contribution in [1.82, 2.24) is 10.2 Å². The Morgan fingerprint density at radius 2 is 2.10 bits per heavy atom. The van der Waals surface area contributed by atoms with Crippen molar-refractivity contribution in [3.8, 4) is 5.75 Å². The van der Waals surface area contributed by atoms with Crippen molar-refractivity contribution < 1.29 is 9.13 Å². The Morgan fingerprint density at radius 3 is 2.81 bits per heavy atom. The van der Waals surface area contributed by atoms with Gasteiger partial charge in [0.25, 0.3) is 0 Å². The van der Waals surface area contributed by atoms with Crippen LogP contribution in [0.4, 0.5) is 4.39 Å². The number of hydrogen-bond acceptors (Lipinski definition) is 3. The summed E-state index contributed by atoms with van der Waals surface area (Å²) >= 11 is 0. The molecule has 3 nitrogen and oxygen atoms in total. The molecule has 1 aromatic carbocycles. The van der Waals surface area contributed by atoms with E-state index in [9.17, 15) is 4.39 Å². The highest BCUT2D eigenvalue weighted by Crippen LogP contribution is 2.28. The van der Waals surface area contributed by atoms with Gasteiger partial charge in [0, 0.05) is 18.2 Å². The first kappa shape index (κ1) is 16.2. The van der Waals surface area contributed by atoms with Crippen molar-refractivity contribution in [3.05, 3.63) is 29.6 Å². The summed E-state index contributed by atoms with van der Waals surface area (Å²) in [7, 11) is 0. The molecule has 1 saturated heterocycles. The van der Waals surface area contributed by atoms with Crippen LogP contribution in [0, 0.1) is 5.82 Å². The first-order valence-electron chi connectivity index (χ1n) is 8.09. The van der Waals surface area contributed by atoms with E-state index in [1.165, 1.54) is 18.9 Å². The summed E-state index contributed by atoms with van der Waals surface area (Å²) in [6.45, 7) is 8.81. The molecule has 118 valence electrons. The fourth-order valence-electron chi connectivity index (χ4n) is 2.77. The van der Waals surface area contributed by atoms with E-state index in [1.807, 2.05) is 6.07 Å². The fourth-order valence-corrected chi connectivity index (χ4v) is 2.77. The van der Waals surface area contributed by atoms with Gasteiger partial charge in [-0.15, -0.1) is 0 Å². The van der Waals surface area contributed by atoms with Crippen LogP contribution >= 0.6 is 0 Å². The van der Waals surface area contributed by atoms with Crippen LogP contribution in [0.1, 0.15) is 44.7 Å². The molecule has 1 heterocycles. The molecule has 21 heavy (non-hydrogen) atoms. The predicted octanol–water partition coefficient (Wildman–Crippen LogP) is 3.36. The molecule has 0 aliphatic carbocycles. The van der Waals surface area contributed by atoms with Gasteiger partial charge >= 0.3 is 0 Å². The summed E-state index contributed by atoms with van der Waals surface area (Å²) in [5, 5.41) is 3.39. The Bertz CT molecular complexity index is 433. The molecule has 1 unspecified atom stereocenters. The third kappa shape index (κ3) is 4.68. The normalized spacial score (nSPS) is 17.1. The topological polar surface area (TPSA) is 24.5 Å². The lowest BCUT2D eigenvalue weighted by molar-refractivity contribution is 0.228. The maximum atomic E-state index is 14.1. The van der Waals surface area contributed by atoms with E-state index in [0.717, 1.165) is 38.2 Å². The van der Waals surface area contributed by atoms with E-state index >= 15 is 0 Å². The van der Waals surface area contributed by atoms with Crippen LogP contribution < -0.4 is 10.1 Å². The van der Waals surface area contributed by atoms with Gasteiger partial charge in [-0.2, -0.15) is 0 Å². The highest BCUT2D eigenvalue weighted by molar-refractivity contribution is 5.37. The van der Waals surface area contributed by atoms with Gasteiger partial charge in [0.15, 0.2) is 11.6 Å². The molecule has 1 aromatic rings. The first-order valence-corrected chi connectivity index (χ1v) is 8.09. The fraction of sp³-hybridized carbons (Fsp3) is 0.647. The molecule has 0 saturated carbocycles. The lowest BCUT2D eigenvalue weighted by Crippen LogP contribution is -2.26. The Morgan fingerprint density at radius 1 is 1.33 bits per heavy atom. The molecule has 4 heteroatoms. The van der Waals surface area contributed by atoms with Crippen molar-refractivity contribution in [1.29, 1.82) is 0 Å². The number of hydrogen-bond donors (Lipinski definition) is 1. The first-order chi connectivity index (χ1) is 10.2. The predicted molar refractivity (Wildman–Crippen MR) is 84.3 cm³/mol. The highest BCUT2D eigenvalue weighted by Gasteiger charge is 2.16. The Balaban J connectivity index is 1.95. The monoisotopic (exact) mass is 294 g/mol. The number of likely N-dealkylation sites (tertiary alicyclic amines) is 1. The number of ether oxygens (including phenoxy) is 1. The average Bonchev–Trinajstić information content (AvgIpc) is 2.99. The summed E-state index contributed by atoms with van der Waals surface area (Å²) < 4.78 is 19.8. The summed E-state index contributed by atoms with van der Waals surface area (Å²) in [5.74, 6) is 0.145. The minimum absolute atomic E-state index is 0.0995. The highest BCUT2D eigenvalue weighted by atomic mass is 19.1. The standard InChI is InChI=1S/C17H27FN2O/c1-3-9-19-14(2)15-7-6-8-16(18)17(15)21-13-12-20-10-4-5-11-20/h6-8,14,19H,3-5,9-13H2,1-2H3. The largest absolute Gasteiger partial charge is 0.489 e. The summed E-state index contributed by atoms with van der Waals surface area (Å²) in [5.41, 5.74) is 0.907. The van der Waals surface area contributed by atoms with E-state index in [1.54, 1.807) is 6.07 Å². The molecule has 0 amide bonds. The van der Waals surface area contributed by atoms with Gasteiger partial charge < -0.3 is 10.1 Å². The van der Waals surface area contributed by atoms with Gasteiger partial charge in [-0.1, -0.05) is 19.1 Å². The average molecular weight is 294 g/mol. The second-order valence-corrected chi connectivity index (χ2v) is 5.73. The SMILES string of the molecule is CCCNC(C)c1cccc(F)c1OCCN1CCCC1. The van der Waals surface area contributed by atoms with Crippen molar-refractivity contribution in [2.45, 2.75) is 39.2 Å². The maximum Gasteiger partial charge on any atom is 0.165 e. The van der Waals surface area contributed by atoms with Crippen LogP contribution in [0.15, 0.2) is 18.2 Å². The number of halogens is 1. The molecule has 1 aliphatic heterocycles. The van der Waals surface area contributed by atoms with E-state index in [0.29, 0.717) is 12.4 Å². The van der Waals surface area contributed by atoms with Gasteiger partial charge in [-0.05, 0) is 51.9 Å². The van der Waals surface area contributed by atoms with Crippen molar-refractivity contribution in [2.24, 2.45) is 0 Å². The number of rotatable bonds is 8. The quantitative estimate of drug-likeness (QED) is 0.795. The summed E-state index contributed by atoms with van der Waals surface area (Å²) in [6, 6.07) is 5.27. The molecule has 1 atom stereocenters. The van der Waals surface area contributed by atoms with E-state index in [4.69, 9.17) is 4.74 Å². The molecule has 0 spiro atoms. The smallest absolute Gasteiger partial charge is 0.165 e. The van der Waals surface area contributed by atoms with E-state index < -0.39 is 0 Å². The molecular weight excluding hydrogens is 267 g/mol. The molecule has 2 rings (SSSR count). The Labute approximate surface area is 127 Å². The zero-order valence-corrected chi connectivity index (χ0v) is 13.2. The Hall–Kier alpha value is -1.13. The molecule has 0 bridgehead atoms. The van der Waals surface area contributed by atoms with Gasteiger partial charge in [-0.25, -0.2) is 4.39 Å². The van der Waals surface area contributed by atoms with Crippen LogP contribution in [-0.2, 0) is 0 Å². The van der Waals surface area contributed by atoms with Crippen LogP contribution in [0.5, 0.6) is 5.75 Å². The summed E-state index contributed by atoms with van der Waals surface area (Å²) in [4.78, 5) is 2.37. The van der Waals surface area contributed by atoms with Crippen LogP contribution in [-0.4, -0.2) is 37.7 Å². The van der Waals surface area contributed by atoms with E-state index in [2.05, 4.69) is 24.1 Å². The summed E-state index contributed by atoms with van der Waals surface area (Å²) in [6.07, 6.45) is 3.59. The molecule has 1 fully saturated rings. The lowest BCUT2D eigenvalue weighted by Gasteiger charge is -2.20. The maximum absolute atomic E-state index is 14.1. The zero-order valence-electron chi connectivity index (χ0n) is 13.2. The van der Waals surface area contributed by atoms with Gasteiger partial charge in [0.1, 0.15) is 6.61 Å². The molecule has 1 N–H and O–H groups in total. The molecule has 0 aromatic heterocycles. The second kappa shape index (κ2) is 8.35. The third-order valence-electron chi connectivity index (χ3n) is 4.02. The van der Waals surface area contributed by atoms with Crippen LogP contribution in [0.25, 0.3) is 0 Å².